The number of nitrogens with zero attached hydrogens (tertiary/aromatic N) is 4. The van der Waals surface area contributed by atoms with E-state index in [1.165, 1.54) is 6.20 Å². The van der Waals surface area contributed by atoms with E-state index < -0.39 is 0 Å². The second kappa shape index (κ2) is 7.29. The van der Waals surface area contributed by atoms with Gasteiger partial charge in [0.15, 0.2) is 0 Å². The fraction of sp³-hybridized carbons (Fsp3) is 0.125. The van der Waals surface area contributed by atoms with Gasteiger partial charge in [-0.25, -0.2) is 0 Å². The van der Waals surface area contributed by atoms with E-state index in [1.54, 1.807) is 31.4 Å². The zero-order valence-electron chi connectivity index (χ0n) is 13.2. The molecule has 0 fully saturated rings. The molecule has 1 aromatic carbocycles. The van der Waals surface area contributed by atoms with Gasteiger partial charge in [-0.3, -0.25) is 0 Å². The number of furan rings is 1. The van der Waals surface area contributed by atoms with Crippen LogP contribution in [0.5, 0.6) is 5.75 Å². The van der Waals surface area contributed by atoms with Gasteiger partial charge < -0.3 is 19.6 Å². The van der Waals surface area contributed by atoms with Crippen LogP contribution in [0.3, 0.4) is 0 Å². The molecule has 3 aromatic rings. The lowest BCUT2D eigenvalue weighted by atomic mass is 10.1. The highest BCUT2D eigenvalue weighted by Crippen LogP contribution is 2.33. The summed E-state index contributed by atoms with van der Waals surface area (Å²) in [6, 6.07) is 10.8. The van der Waals surface area contributed by atoms with E-state index in [1.807, 2.05) is 12.1 Å². The standard InChI is InChI=1S/C16H14N6O3/c1-24-11-2-4-13(15-5-3-12(9-23)25-15)14(6-11)18-8-10(7-17)16-19-21-22-20-16/h2-6,8,18,23H,9H2,1H3,(H,19,20,21,22). The molecule has 9 heteroatoms. The number of aliphatic hydroxyl groups excluding tert-OH is 1. The Balaban J connectivity index is 1.97. The van der Waals surface area contributed by atoms with Crippen molar-refractivity contribution in [2.45, 2.75) is 6.61 Å². The lowest BCUT2D eigenvalue weighted by Gasteiger charge is -2.10. The molecule has 0 saturated carbocycles. The average Bonchev–Trinajstić information content (AvgIpc) is 3.34. The highest BCUT2D eigenvalue weighted by Gasteiger charge is 2.12. The van der Waals surface area contributed by atoms with Gasteiger partial charge in [-0.05, 0) is 29.5 Å². The normalized spacial score (nSPS) is 11.2. The summed E-state index contributed by atoms with van der Waals surface area (Å²) in [5.41, 5.74) is 1.59. The Bertz CT molecular complexity index is 924. The average molecular weight is 338 g/mol. The van der Waals surface area contributed by atoms with E-state index in [9.17, 15) is 5.26 Å². The predicted octanol–water partition coefficient (Wildman–Crippen LogP) is 1.94. The Morgan fingerprint density at radius 3 is 2.96 bits per heavy atom. The molecule has 3 rings (SSSR count). The molecule has 9 nitrogen and oxygen atoms in total. The van der Waals surface area contributed by atoms with E-state index in [0.29, 0.717) is 23.0 Å². The molecule has 126 valence electrons. The maximum absolute atomic E-state index is 9.25. The minimum atomic E-state index is -0.185. The van der Waals surface area contributed by atoms with Crippen molar-refractivity contribution in [3.63, 3.8) is 0 Å². The van der Waals surface area contributed by atoms with Gasteiger partial charge in [0.25, 0.3) is 0 Å². The van der Waals surface area contributed by atoms with Crippen LogP contribution < -0.4 is 10.1 Å². The number of benzene rings is 1. The summed E-state index contributed by atoms with van der Waals surface area (Å²) >= 11 is 0. The monoisotopic (exact) mass is 338 g/mol. The van der Waals surface area contributed by atoms with Crippen molar-refractivity contribution in [3.05, 3.63) is 48.1 Å². The summed E-state index contributed by atoms with van der Waals surface area (Å²) in [5.74, 6) is 1.84. The molecule has 2 aromatic heterocycles. The van der Waals surface area contributed by atoms with Crippen molar-refractivity contribution in [2.24, 2.45) is 0 Å². The number of aromatic amines is 1. The first-order valence-electron chi connectivity index (χ1n) is 7.23. The number of allylic oxidation sites excluding steroid dienone is 1. The molecular weight excluding hydrogens is 324 g/mol. The molecule has 0 atom stereocenters. The number of H-pyrrole nitrogens is 1. The number of tetrazole rings is 1. The summed E-state index contributed by atoms with van der Waals surface area (Å²) < 4.78 is 10.8. The lowest BCUT2D eigenvalue weighted by molar-refractivity contribution is 0.248. The van der Waals surface area contributed by atoms with Gasteiger partial charge in [-0.2, -0.15) is 10.5 Å². The third-order valence-electron chi connectivity index (χ3n) is 3.39. The Hall–Kier alpha value is -3.64. The van der Waals surface area contributed by atoms with Crippen molar-refractivity contribution in [2.75, 3.05) is 12.4 Å². The Morgan fingerprint density at radius 1 is 1.44 bits per heavy atom. The first-order valence-corrected chi connectivity index (χ1v) is 7.23. The molecule has 0 amide bonds. The van der Waals surface area contributed by atoms with Crippen LogP contribution in [0.25, 0.3) is 16.9 Å². The molecule has 0 unspecified atom stereocenters. The van der Waals surface area contributed by atoms with E-state index in [2.05, 4.69) is 25.9 Å². The SMILES string of the molecule is COc1ccc(-c2ccc(CO)o2)c(NC=C(C#N)c2nn[nH]n2)c1. The molecule has 0 saturated heterocycles. The molecule has 0 bridgehead atoms. The summed E-state index contributed by atoms with van der Waals surface area (Å²) in [7, 11) is 1.56. The van der Waals surface area contributed by atoms with Crippen LogP contribution in [0.4, 0.5) is 5.69 Å². The maximum Gasteiger partial charge on any atom is 0.216 e. The van der Waals surface area contributed by atoms with Crippen LogP contribution in [0.2, 0.25) is 0 Å². The number of aliphatic hydroxyl groups is 1. The van der Waals surface area contributed by atoms with E-state index in [-0.39, 0.29) is 18.0 Å². The van der Waals surface area contributed by atoms with Crippen molar-refractivity contribution in [1.82, 2.24) is 20.6 Å². The zero-order chi connectivity index (χ0) is 17.6. The van der Waals surface area contributed by atoms with Gasteiger partial charge in [0.05, 0.1) is 12.8 Å². The first-order chi connectivity index (χ1) is 12.2. The smallest absolute Gasteiger partial charge is 0.216 e. The van der Waals surface area contributed by atoms with Crippen molar-refractivity contribution >= 4 is 11.3 Å². The van der Waals surface area contributed by atoms with Crippen LogP contribution in [0.1, 0.15) is 11.6 Å². The number of ether oxygens (including phenoxy) is 1. The zero-order valence-corrected chi connectivity index (χ0v) is 13.2. The summed E-state index contributed by atoms with van der Waals surface area (Å²) in [6.07, 6.45) is 1.47. The largest absolute Gasteiger partial charge is 0.497 e. The summed E-state index contributed by atoms with van der Waals surface area (Å²) in [4.78, 5) is 0. The van der Waals surface area contributed by atoms with Gasteiger partial charge in [0.1, 0.15) is 35.5 Å². The molecule has 3 N–H and O–H groups in total. The van der Waals surface area contributed by atoms with Gasteiger partial charge in [-0.1, -0.05) is 0 Å². The van der Waals surface area contributed by atoms with E-state index in [0.717, 1.165) is 5.56 Å². The third kappa shape index (κ3) is 3.49. The van der Waals surface area contributed by atoms with Crippen LogP contribution in [0, 0.1) is 11.3 Å². The van der Waals surface area contributed by atoms with Crippen molar-refractivity contribution in [3.8, 4) is 23.1 Å². The lowest BCUT2D eigenvalue weighted by Crippen LogP contribution is -1.96. The molecule has 2 heterocycles. The first kappa shape index (κ1) is 16.2. The van der Waals surface area contributed by atoms with Crippen LogP contribution in [-0.2, 0) is 6.61 Å². The number of rotatable bonds is 6. The van der Waals surface area contributed by atoms with Gasteiger partial charge in [0, 0.05) is 17.8 Å². The quantitative estimate of drug-likeness (QED) is 0.581. The number of nitrogens with one attached hydrogen (secondary N) is 2. The predicted molar refractivity (Wildman–Crippen MR) is 88.0 cm³/mol. The van der Waals surface area contributed by atoms with Crippen molar-refractivity contribution < 1.29 is 14.3 Å². The topological polar surface area (TPSA) is 133 Å². The Kier molecular flexibility index (Phi) is 4.73. The fourth-order valence-corrected chi connectivity index (χ4v) is 2.16. The summed E-state index contributed by atoms with van der Waals surface area (Å²) in [5, 5.41) is 34.8. The highest BCUT2D eigenvalue weighted by molar-refractivity contribution is 5.80. The Morgan fingerprint density at radius 2 is 2.32 bits per heavy atom. The highest BCUT2D eigenvalue weighted by atomic mass is 16.5. The molecule has 0 aliphatic carbocycles. The number of aromatic nitrogens is 4. The molecule has 25 heavy (non-hydrogen) atoms. The Labute approximate surface area is 142 Å². The fourth-order valence-electron chi connectivity index (χ4n) is 2.16. The molecular formula is C16H14N6O3. The third-order valence-corrected chi connectivity index (χ3v) is 3.39. The number of nitriles is 1. The minimum absolute atomic E-state index is 0.181. The van der Waals surface area contributed by atoms with Gasteiger partial charge in [0.2, 0.25) is 5.82 Å². The molecule has 0 aliphatic rings. The second-order valence-corrected chi connectivity index (χ2v) is 4.89. The molecule has 0 aliphatic heterocycles. The van der Waals surface area contributed by atoms with Crippen molar-refractivity contribution in [1.29, 1.82) is 5.26 Å². The van der Waals surface area contributed by atoms with E-state index >= 15 is 0 Å². The number of hydrogen-bond acceptors (Lipinski definition) is 8. The molecule has 0 spiro atoms. The summed E-state index contributed by atoms with van der Waals surface area (Å²) in [6.45, 7) is -0.185. The minimum Gasteiger partial charge on any atom is -0.497 e. The van der Waals surface area contributed by atoms with Crippen LogP contribution in [0.15, 0.2) is 40.9 Å². The number of anilines is 1. The van der Waals surface area contributed by atoms with E-state index in [4.69, 9.17) is 14.3 Å². The number of hydrogen-bond donors (Lipinski definition) is 3. The maximum atomic E-state index is 9.25. The second-order valence-electron chi connectivity index (χ2n) is 4.89. The van der Waals surface area contributed by atoms with Gasteiger partial charge >= 0.3 is 0 Å². The number of methoxy groups -OCH3 is 1. The van der Waals surface area contributed by atoms with Gasteiger partial charge in [-0.15, -0.1) is 10.2 Å². The van der Waals surface area contributed by atoms with Crippen LogP contribution in [-0.4, -0.2) is 32.8 Å². The molecule has 0 radical (unpaired) electrons. The van der Waals surface area contributed by atoms with Crippen LogP contribution >= 0.6 is 0 Å².